The summed E-state index contributed by atoms with van der Waals surface area (Å²) in [4.78, 5) is 23.8. The van der Waals surface area contributed by atoms with Gasteiger partial charge in [0.25, 0.3) is 0 Å². The Balaban J connectivity index is 2.42. The van der Waals surface area contributed by atoms with Crippen LogP contribution in [0.15, 0.2) is 0 Å². The van der Waals surface area contributed by atoms with E-state index in [1.54, 1.807) is 0 Å². The van der Waals surface area contributed by atoms with Gasteiger partial charge in [-0.2, -0.15) is 0 Å². The number of ether oxygens (including phenoxy) is 1. The molecule has 0 bridgehead atoms. The van der Waals surface area contributed by atoms with E-state index < -0.39 is 11.9 Å². The lowest BCUT2D eigenvalue weighted by molar-refractivity contribution is -0.167. The van der Waals surface area contributed by atoms with E-state index in [0.717, 1.165) is 19.3 Å². The first-order valence-corrected chi connectivity index (χ1v) is 5.11. The lowest BCUT2D eigenvalue weighted by Gasteiger charge is -2.29. The van der Waals surface area contributed by atoms with Crippen molar-refractivity contribution in [1.82, 2.24) is 4.90 Å². The van der Waals surface area contributed by atoms with Gasteiger partial charge in [0.15, 0.2) is 0 Å². The molecular formula is C10H17NO3. The molecular weight excluding hydrogens is 182 g/mol. The van der Waals surface area contributed by atoms with Crippen molar-refractivity contribution in [3.63, 3.8) is 0 Å². The molecule has 4 nitrogen and oxygen atoms in total. The van der Waals surface area contributed by atoms with Gasteiger partial charge in [-0.05, 0) is 13.3 Å². The Labute approximate surface area is 84.2 Å². The van der Waals surface area contributed by atoms with Crippen LogP contribution < -0.4 is 0 Å². The highest BCUT2D eigenvalue weighted by molar-refractivity contribution is 5.90. The summed E-state index contributed by atoms with van der Waals surface area (Å²) in [5, 5.41) is 0. The van der Waals surface area contributed by atoms with Gasteiger partial charge in [0.2, 0.25) is 0 Å². The Kier molecular flexibility index (Phi) is 4.07. The van der Waals surface area contributed by atoms with Crippen LogP contribution >= 0.6 is 0 Å². The summed E-state index contributed by atoms with van der Waals surface area (Å²) in [5.74, 6) is -0.853. The molecule has 1 rings (SSSR count). The van der Waals surface area contributed by atoms with E-state index in [1.807, 2.05) is 11.8 Å². The third-order valence-corrected chi connectivity index (χ3v) is 2.49. The molecule has 0 aromatic rings. The number of carbonyl (C=O) groups is 2. The van der Waals surface area contributed by atoms with E-state index >= 15 is 0 Å². The predicted octanol–water partition coefficient (Wildman–Crippen LogP) is 0.951. The Morgan fingerprint density at radius 2 is 1.93 bits per heavy atom. The number of hydrogen-bond acceptors (Lipinski definition) is 4. The summed E-state index contributed by atoms with van der Waals surface area (Å²) < 4.78 is 4.45. The zero-order valence-electron chi connectivity index (χ0n) is 8.78. The fraction of sp³-hybridized carbons (Fsp3) is 0.800. The fourth-order valence-corrected chi connectivity index (χ4v) is 1.57. The second-order valence-corrected chi connectivity index (χ2v) is 3.74. The molecule has 1 saturated heterocycles. The van der Waals surface area contributed by atoms with Crippen molar-refractivity contribution >= 4 is 11.9 Å². The fourth-order valence-electron chi connectivity index (χ4n) is 1.57. The summed E-state index contributed by atoms with van der Waals surface area (Å²) in [6.45, 7) is 4.66. The first-order valence-electron chi connectivity index (χ1n) is 5.11. The molecule has 0 amide bonds. The highest BCUT2D eigenvalue weighted by Crippen LogP contribution is 2.11. The maximum absolute atomic E-state index is 11.0. The zero-order chi connectivity index (χ0) is 10.6. The quantitative estimate of drug-likeness (QED) is 0.499. The summed E-state index contributed by atoms with van der Waals surface area (Å²) in [6, 6.07) is 0.284. The zero-order valence-corrected chi connectivity index (χ0v) is 8.78. The van der Waals surface area contributed by atoms with Crippen molar-refractivity contribution in [1.29, 1.82) is 0 Å². The van der Waals surface area contributed by atoms with E-state index in [-0.39, 0.29) is 19.1 Å². The summed E-state index contributed by atoms with van der Waals surface area (Å²) in [7, 11) is 0. The van der Waals surface area contributed by atoms with Crippen LogP contribution in [0, 0.1) is 0 Å². The smallest absolute Gasteiger partial charge is 0.327 e. The molecule has 0 saturated carbocycles. The third-order valence-electron chi connectivity index (χ3n) is 2.49. The van der Waals surface area contributed by atoms with Gasteiger partial charge < -0.3 is 4.74 Å². The van der Waals surface area contributed by atoms with Crippen LogP contribution in [-0.4, -0.2) is 36.0 Å². The Morgan fingerprint density at radius 3 is 2.43 bits per heavy atom. The number of carbonyl (C=O) groups excluding carboxylic acids is 2. The number of hydrogen-bond donors (Lipinski definition) is 0. The van der Waals surface area contributed by atoms with Crippen LogP contribution in [-0.2, 0) is 14.3 Å². The van der Waals surface area contributed by atoms with Crippen LogP contribution in [0.5, 0.6) is 0 Å². The minimum absolute atomic E-state index is 0.247. The highest BCUT2D eigenvalue weighted by Gasteiger charge is 2.27. The number of unbranched alkanes of at least 4 members (excludes halogenated alkanes) is 1. The van der Waals surface area contributed by atoms with Gasteiger partial charge in [0.1, 0.15) is 0 Å². The topological polar surface area (TPSA) is 46.6 Å². The monoisotopic (exact) mass is 199 g/mol. The van der Waals surface area contributed by atoms with Crippen molar-refractivity contribution in [2.75, 3.05) is 13.1 Å². The van der Waals surface area contributed by atoms with Gasteiger partial charge in [-0.1, -0.05) is 19.8 Å². The van der Waals surface area contributed by atoms with E-state index in [1.165, 1.54) is 0 Å². The SMILES string of the molecule is CCCCC(C)N1CC(=O)OC(=O)C1. The van der Waals surface area contributed by atoms with Gasteiger partial charge in [0.05, 0.1) is 13.1 Å². The van der Waals surface area contributed by atoms with Crippen molar-refractivity contribution in [2.45, 2.75) is 39.2 Å². The summed E-state index contributed by atoms with van der Waals surface area (Å²) >= 11 is 0. The molecule has 0 aromatic heterocycles. The molecule has 80 valence electrons. The van der Waals surface area contributed by atoms with Crippen molar-refractivity contribution < 1.29 is 14.3 Å². The maximum atomic E-state index is 11.0. The van der Waals surface area contributed by atoms with E-state index in [2.05, 4.69) is 11.7 Å². The van der Waals surface area contributed by atoms with Crippen LogP contribution in [0.3, 0.4) is 0 Å². The van der Waals surface area contributed by atoms with Gasteiger partial charge >= 0.3 is 11.9 Å². The first-order chi connectivity index (χ1) is 6.63. The number of cyclic esters (lactones) is 2. The van der Waals surface area contributed by atoms with Crippen LogP contribution in [0.2, 0.25) is 0 Å². The molecule has 1 unspecified atom stereocenters. The minimum Gasteiger partial charge on any atom is -0.391 e. The first kappa shape index (κ1) is 11.2. The molecule has 4 heteroatoms. The second kappa shape index (κ2) is 5.10. The minimum atomic E-state index is -0.426. The largest absolute Gasteiger partial charge is 0.391 e. The van der Waals surface area contributed by atoms with Gasteiger partial charge in [-0.3, -0.25) is 14.5 Å². The number of rotatable bonds is 4. The molecule has 1 atom stereocenters. The third kappa shape index (κ3) is 3.10. The van der Waals surface area contributed by atoms with Crippen LogP contribution in [0.4, 0.5) is 0 Å². The maximum Gasteiger partial charge on any atom is 0.327 e. The summed E-state index contributed by atoms with van der Waals surface area (Å²) in [6.07, 6.45) is 3.29. The Morgan fingerprint density at radius 1 is 1.36 bits per heavy atom. The molecule has 0 aromatic carbocycles. The van der Waals surface area contributed by atoms with Gasteiger partial charge in [-0.15, -0.1) is 0 Å². The average molecular weight is 199 g/mol. The molecule has 1 aliphatic heterocycles. The highest BCUT2D eigenvalue weighted by atomic mass is 16.6. The van der Waals surface area contributed by atoms with E-state index in [9.17, 15) is 9.59 Å². The predicted molar refractivity (Wildman–Crippen MR) is 51.7 cm³/mol. The molecule has 14 heavy (non-hydrogen) atoms. The molecule has 1 aliphatic rings. The van der Waals surface area contributed by atoms with Crippen LogP contribution in [0.1, 0.15) is 33.1 Å². The van der Waals surface area contributed by atoms with Crippen molar-refractivity contribution in [3.8, 4) is 0 Å². The lowest BCUT2D eigenvalue weighted by Crippen LogP contribution is -2.47. The van der Waals surface area contributed by atoms with Crippen molar-refractivity contribution in [2.24, 2.45) is 0 Å². The molecule has 0 radical (unpaired) electrons. The molecule has 0 spiro atoms. The molecule has 0 aliphatic carbocycles. The summed E-state index contributed by atoms with van der Waals surface area (Å²) in [5.41, 5.74) is 0. The number of esters is 2. The Hall–Kier alpha value is -0.900. The average Bonchev–Trinajstić information content (AvgIpc) is 2.12. The standard InChI is InChI=1S/C10H17NO3/c1-3-4-5-8(2)11-6-9(12)14-10(13)7-11/h8H,3-7H2,1-2H3. The van der Waals surface area contributed by atoms with Gasteiger partial charge in [-0.25, -0.2) is 0 Å². The second-order valence-electron chi connectivity index (χ2n) is 3.74. The van der Waals surface area contributed by atoms with Gasteiger partial charge in [0, 0.05) is 6.04 Å². The number of morpholine rings is 1. The molecule has 1 heterocycles. The molecule has 0 N–H and O–H groups in total. The number of nitrogens with zero attached hydrogens (tertiary/aromatic N) is 1. The Bertz CT molecular complexity index is 211. The van der Waals surface area contributed by atoms with E-state index in [4.69, 9.17) is 0 Å². The van der Waals surface area contributed by atoms with E-state index in [0.29, 0.717) is 0 Å². The normalized spacial score (nSPS) is 20.7. The molecule has 1 fully saturated rings. The van der Waals surface area contributed by atoms with Crippen molar-refractivity contribution in [3.05, 3.63) is 0 Å². The van der Waals surface area contributed by atoms with Crippen LogP contribution in [0.25, 0.3) is 0 Å². The lowest BCUT2D eigenvalue weighted by atomic mass is 10.1.